The van der Waals surface area contributed by atoms with E-state index in [4.69, 9.17) is 4.74 Å². The van der Waals surface area contributed by atoms with E-state index in [-0.39, 0.29) is 17.7 Å². The molecule has 0 aromatic heterocycles. The SMILES string of the molecule is CCOc1ccc(CC(=O)NCCNC(=O)C2CC2)cc1. The van der Waals surface area contributed by atoms with E-state index in [1.807, 2.05) is 31.2 Å². The van der Waals surface area contributed by atoms with Gasteiger partial charge in [0, 0.05) is 19.0 Å². The molecule has 0 aliphatic heterocycles. The van der Waals surface area contributed by atoms with Gasteiger partial charge < -0.3 is 15.4 Å². The maximum Gasteiger partial charge on any atom is 0.224 e. The lowest BCUT2D eigenvalue weighted by atomic mass is 10.1. The summed E-state index contributed by atoms with van der Waals surface area (Å²) in [4.78, 5) is 23.1. The van der Waals surface area contributed by atoms with Gasteiger partial charge in [0.15, 0.2) is 0 Å². The van der Waals surface area contributed by atoms with E-state index in [0.717, 1.165) is 24.2 Å². The van der Waals surface area contributed by atoms with Gasteiger partial charge in [0.1, 0.15) is 5.75 Å². The second-order valence-electron chi connectivity index (χ2n) is 5.17. The van der Waals surface area contributed by atoms with Gasteiger partial charge in [-0.3, -0.25) is 9.59 Å². The van der Waals surface area contributed by atoms with Crippen LogP contribution in [0.3, 0.4) is 0 Å². The minimum absolute atomic E-state index is 0.0418. The summed E-state index contributed by atoms with van der Waals surface area (Å²) >= 11 is 0. The fraction of sp³-hybridized carbons (Fsp3) is 0.500. The Kier molecular flexibility index (Phi) is 5.60. The molecular formula is C16H22N2O3. The van der Waals surface area contributed by atoms with Crippen LogP contribution in [0.1, 0.15) is 25.3 Å². The Hall–Kier alpha value is -2.04. The van der Waals surface area contributed by atoms with Crippen LogP contribution in [0.15, 0.2) is 24.3 Å². The molecule has 0 unspecified atom stereocenters. The van der Waals surface area contributed by atoms with Crippen molar-refractivity contribution in [3.05, 3.63) is 29.8 Å². The van der Waals surface area contributed by atoms with Crippen LogP contribution < -0.4 is 15.4 Å². The van der Waals surface area contributed by atoms with Crippen LogP contribution in [-0.4, -0.2) is 31.5 Å². The minimum atomic E-state index is -0.0418. The van der Waals surface area contributed by atoms with Gasteiger partial charge in [-0.1, -0.05) is 12.1 Å². The summed E-state index contributed by atoms with van der Waals surface area (Å²) in [5, 5.41) is 5.62. The number of nitrogens with one attached hydrogen (secondary N) is 2. The first kappa shape index (κ1) is 15.4. The van der Waals surface area contributed by atoms with E-state index in [9.17, 15) is 9.59 Å². The van der Waals surface area contributed by atoms with Crippen molar-refractivity contribution in [2.45, 2.75) is 26.2 Å². The summed E-state index contributed by atoms with van der Waals surface area (Å²) in [6.45, 7) is 3.52. The van der Waals surface area contributed by atoms with E-state index < -0.39 is 0 Å². The van der Waals surface area contributed by atoms with Crippen molar-refractivity contribution in [1.29, 1.82) is 0 Å². The Morgan fingerprint density at radius 2 is 1.81 bits per heavy atom. The number of hydrogen-bond donors (Lipinski definition) is 2. The molecule has 1 fully saturated rings. The van der Waals surface area contributed by atoms with Gasteiger partial charge in [0.25, 0.3) is 0 Å². The van der Waals surface area contributed by atoms with Crippen LogP contribution in [0, 0.1) is 5.92 Å². The van der Waals surface area contributed by atoms with Crippen molar-refractivity contribution in [1.82, 2.24) is 10.6 Å². The third-order valence-corrected chi connectivity index (χ3v) is 3.29. The lowest BCUT2D eigenvalue weighted by molar-refractivity contribution is -0.123. The number of hydrogen-bond acceptors (Lipinski definition) is 3. The number of carbonyl (C=O) groups excluding carboxylic acids is 2. The van der Waals surface area contributed by atoms with Crippen molar-refractivity contribution in [3.8, 4) is 5.75 Å². The molecule has 1 aliphatic rings. The summed E-state index contributed by atoms with van der Waals surface area (Å²) in [6, 6.07) is 7.50. The highest BCUT2D eigenvalue weighted by Crippen LogP contribution is 2.28. The van der Waals surface area contributed by atoms with E-state index in [2.05, 4.69) is 10.6 Å². The Labute approximate surface area is 125 Å². The Morgan fingerprint density at radius 1 is 1.14 bits per heavy atom. The fourth-order valence-electron chi connectivity index (χ4n) is 2.00. The first-order valence-corrected chi connectivity index (χ1v) is 7.45. The van der Waals surface area contributed by atoms with Crippen molar-refractivity contribution < 1.29 is 14.3 Å². The summed E-state index contributed by atoms with van der Waals surface area (Å²) in [7, 11) is 0. The molecule has 21 heavy (non-hydrogen) atoms. The number of carbonyl (C=O) groups is 2. The van der Waals surface area contributed by atoms with E-state index in [1.54, 1.807) is 0 Å². The van der Waals surface area contributed by atoms with E-state index in [0.29, 0.717) is 26.1 Å². The monoisotopic (exact) mass is 290 g/mol. The van der Waals surface area contributed by atoms with Gasteiger partial charge in [-0.05, 0) is 37.5 Å². The third kappa shape index (κ3) is 5.45. The predicted molar refractivity (Wildman–Crippen MR) is 80.1 cm³/mol. The maximum atomic E-state index is 11.8. The quantitative estimate of drug-likeness (QED) is 0.709. The second-order valence-corrected chi connectivity index (χ2v) is 5.17. The largest absolute Gasteiger partial charge is 0.494 e. The van der Waals surface area contributed by atoms with Crippen LogP contribution in [0.5, 0.6) is 5.75 Å². The minimum Gasteiger partial charge on any atom is -0.494 e. The Morgan fingerprint density at radius 3 is 2.43 bits per heavy atom. The predicted octanol–water partition coefficient (Wildman–Crippen LogP) is 1.27. The summed E-state index contributed by atoms with van der Waals surface area (Å²) < 4.78 is 5.35. The zero-order valence-corrected chi connectivity index (χ0v) is 12.4. The molecule has 114 valence electrons. The summed E-state index contributed by atoms with van der Waals surface area (Å²) in [5.41, 5.74) is 0.943. The molecule has 5 heteroatoms. The van der Waals surface area contributed by atoms with Crippen molar-refractivity contribution in [2.24, 2.45) is 5.92 Å². The van der Waals surface area contributed by atoms with Crippen LogP contribution in [0.25, 0.3) is 0 Å². The van der Waals surface area contributed by atoms with E-state index in [1.165, 1.54) is 0 Å². The number of ether oxygens (including phenoxy) is 1. The smallest absolute Gasteiger partial charge is 0.224 e. The molecule has 0 heterocycles. The molecule has 1 aromatic rings. The van der Waals surface area contributed by atoms with Gasteiger partial charge in [-0.25, -0.2) is 0 Å². The highest BCUT2D eigenvalue weighted by molar-refractivity contribution is 5.81. The zero-order valence-electron chi connectivity index (χ0n) is 12.4. The molecule has 5 nitrogen and oxygen atoms in total. The van der Waals surface area contributed by atoms with Gasteiger partial charge in [0.2, 0.25) is 11.8 Å². The average Bonchev–Trinajstić information content (AvgIpc) is 3.30. The van der Waals surface area contributed by atoms with Crippen molar-refractivity contribution >= 4 is 11.8 Å². The van der Waals surface area contributed by atoms with Gasteiger partial charge in [0.05, 0.1) is 13.0 Å². The fourth-order valence-corrected chi connectivity index (χ4v) is 2.00. The van der Waals surface area contributed by atoms with Gasteiger partial charge in [-0.2, -0.15) is 0 Å². The van der Waals surface area contributed by atoms with Crippen molar-refractivity contribution in [3.63, 3.8) is 0 Å². The van der Waals surface area contributed by atoms with Gasteiger partial charge in [-0.15, -0.1) is 0 Å². The topological polar surface area (TPSA) is 67.4 Å². The van der Waals surface area contributed by atoms with Crippen molar-refractivity contribution in [2.75, 3.05) is 19.7 Å². The molecular weight excluding hydrogens is 268 g/mol. The van der Waals surface area contributed by atoms with E-state index >= 15 is 0 Å². The molecule has 0 bridgehead atoms. The number of amides is 2. The summed E-state index contributed by atoms with van der Waals surface area (Å²) in [5.74, 6) is 1.09. The molecule has 1 saturated carbocycles. The molecule has 2 amide bonds. The summed E-state index contributed by atoms with van der Waals surface area (Å²) in [6.07, 6.45) is 2.33. The highest BCUT2D eigenvalue weighted by atomic mass is 16.5. The Balaban J connectivity index is 1.62. The first-order chi connectivity index (χ1) is 10.2. The number of rotatable bonds is 8. The highest BCUT2D eigenvalue weighted by Gasteiger charge is 2.28. The standard InChI is InChI=1S/C16H22N2O3/c1-2-21-14-7-3-12(4-8-14)11-15(19)17-9-10-18-16(20)13-5-6-13/h3-4,7-8,13H,2,5-6,9-11H2,1H3,(H,17,19)(H,18,20). The molecule has 1 aromatic carbocycles. The molecule has 0 spiro atoms. The average molecular weight is 290 g/mol. The molecule has 1 aliphatic carbocycles. The van der Waals surface area contributed by atoms with Crippen LogP contribution in [-0.2, 0) is 16.0 Å². The second kappa shape index (κ2) is 7.67. The molecule has 2 rings (SSSR count). The first-order valence-electron chi connectivity index (χ1n) is 7.45. The zero-order chi connectivity index (χ0) is 15.1. The normalized spacial score (nSPS) is 13.6. The lowest BCUT2D eigenvalue weighted by Gasteiger charge is -2.07. The molecule has 2 N–H and O–H groups in total. The molecule has 0 atom stereocenters. The van der Waals surface area contributed by atoms with Crippen LogP contribution in [0.2, 0.25) is 0 Å². The van der Waals surface area contributed by atoms with Crippen LogP contribution >= 0.6 is 0 Å². The Bertz CT molecular complexity index is 481. The molecule has 0 saturated heterocycles. The maximum absolute atomic E-state index is 11.8. The molecule has 0 radical (unpaired) electrons. The van der Waals surface area contributed by atoms with Crippen LogP contribution in [0.4, 0.5) is 0 Å². The number of benzene rings is 1. The van der Waals surface area contributed by atoms with Gasteiger partial charge >= 0.3 is 0 Å². The third-order valence-electron chi connectivity index (χ3n) is 3.29. The lowest BCUT2D eigenvalue weighted by Crippen LogP contribution is -2.35.